The van der Waals surface area contributed by atoms with E-state index in [1.54, 1.807) is 6.07 Å². The van der Waals surface area contributed by atoms with Crippen LogP contribution in [0.1, 0.15) is 30.6 Å². The quantitative estimate of drug-likeness (QED) is 0.774. The van der Waals surface area contributed by atoms with Crippen molar-refractivity contribution in [1.82, 2.24) is 0 Å². The molecule has 1 amide bonds. The molecule has 0 unspecified atom stereocenters. The molecule has 116 valence electrons. The molecule has 1 N–H and O–H groups in total. The molecule has 0 atom stereocenters. The molecule has 2 aromatic carbocycles. The van der Waals surface area contributed by atoms with E-state index in [0.717, 1.165) is 22.3 Å². The van der Waals surface area contributed by atoms with Gasteiger partial charge in [-0.15, -0.1) is 0 Å². The zero-order chi connectivity index (χ0) is 15.9. The van der Waals surface area contributed by atoms with Crippen LogP contribution in [0.4, 0.5) is 5.69 Å². The number of ether oxygens (including phenoxy) is 1. The maximum Gasteiger partial charge on any atom is 0.256 e. The van der Waals surface area contributed by atoms with Crippen LogP contribution in [0.25, 0.3) is 0 Å². The monoisotopic (exact) mass is 361 g/mol. The maximum atomic E-state index is 12.2. The average Bonchev–Trinajstić information content (AvgIpc) is 2.49. The topological polar surface area (TPSA) is 38.3 Å². The molecule has 0 aliphatic heterocycles. The summed E-state index contributed by atoms with van der Waals surface area (Å²) in [5.41, 5.74) is 1.36. The molecule has 0 saturated heterocycles. The van der Waals surface area contributed by atoms with E-state index in [9.17, 15) is 4.79 Å². The minimum Gasteiger partial charge on any atom is -0.494 e. The van der Waals surface area contributed by atoms with E-state index in [-0.39, 0.29) is 5.91 Å². The highest BCUT2D eigenvalue weighted by Crippen LogP contribution is 2.20. The van der Waals surface area contributed by atoms with Crippen LogP contribution in [0.5, 0.6) is 5.75 Å². The van der Waals surface area contributed by atoms with E-state index in [0.29, 0.717) is 18.1 Å². The fraction of sp³-hybridized carbons (Fsp3) is 0.278. The minimum atomic E-state index is -0.138. The summed E-state index contributed by atoms with van der Waals surface area (Å²) >= 11 is 3.38. The van der Waals surface area contributed by atoms with Gasteiger partial charge in [0.1, 0.15) is 5.75 Å². The van der Waals surface area contributed by atoms with Crippen LogP contribution >= 0.6 is 15.9 Å². The molecule has 0 saturated carbocycles. The van der Waals surface area contributed by atoms with Crippen LogP contribution < -0.4 is 10.1 Å². The fourth-order valence-corrected chi connectivity index (χ4v) is 2.36. The first-order valence-electron chi connectivity index (χ1n) is 7.35. The first-order chi connectivity index (χ1) is 10.6. The number of halogens is 1. The number of amides is 1. The predicted molar refractivity (Wildman–Crippen MR) is 93.5 cm³/mol. The lowest BCUT2D eigenvalue weighted by atomic mass is 10.1. The number of anilines is 1. The van der Waals surface area contributed by atoms with Gasteiger partial charge in [0.15, 0.2) is 0 Å². The highest BCUT2D eigenvalue weighted by Gasteiger charge is 2.09. The van der Waals surface area contributed by atoms with Gasteiger partial charge in [-0.05, 0) is 64.7 Å². The Balaban J connectivity index is 1.94. The van der Waals surface area contributed by atoms with Crippen LogP contribution in [0.15, 0.2) is 53.0 Å². The number of hydrogen-bond donors (Lipinski definition) is 1. The predicted octanol–water partition coefficient (Wildman–Crippen LogP) is 5.13. The Hall–Kier alpha value is -1.81. The second kappa shape index (κ2) is 7.99. The van der Waals surface area contributed by atoms with E-state index >= 15 is 0 Å². The van der Waals surface area contributed by atoms with Crippen LogP contribution in [0.2, 0.25) is 0 Å². The molecular weight excluding hydrogens is 342 g/mol. The number of carbonyl (C=O) groups is 1. The van der Waals surface area contributed by atoms with Crippen molar-refractivity contribution >= 4 is 27.5 Å². The lowest BCUT2D eigenvalue weighted by molar-refractivity contribution is 0.102. The first-order valence-corrected chi connectivity index (χ1v) is 8.14. The first kappa shape index (κ1) is 16.6. The zero-order valence-corrected chi connectivity index (χ0v) is 14.4. The molecule has 3 nitrogen and oxygen atoms in total. The molecule has 0 aliphatic carbocycles. The summed E-state index contributed by atoms with van der Waals surface area (Å²) in [7, 11) is 0. The summed E-state index contributed by atoms with van der Waals surface area (Å²) in [4.78, 5) is 12.2. The third kappa shape index (κ3) is 4.88. The summed E-state index contributed by atoms with van der Waals surface area (Å²) in [6, 6.07) is 14.8. The van der Waals surface area contributed by atoms with Crippen molar-refractivity contribution in [2.24, 2.45) is 5.92 Å². The highest BCUT2D eigenvalue weighted by molar-refractivity contribution is 9.10. The fourth-order valence-electron chi connectivity index (χ4n) is 1.89. The second-order valence-electron chi connectivity index (χ2n) is 5.49. The van der Waals surface area contributed by atoms with Crippen molar-refractivity contribution in [3.8, 4) is 5.75 Å². The van der Waals surface area contributed by atoms with E-state index in [4.69, 9.17) is 4.74 Å². The van der Waals surface area contributed by atoms with Gasteiger partial charge in [-0.2, -0.15) is 0 Å². The Morgan fingerprint density at radius 1 is 1.14 bits per heavy atom. The Kier molecular flexibility index (Phi) is 6.01. The van der Waals surface area contributed by atoms with Gasteiger partial charge in [0.25, 0.3) is 5.91 Å². The van der Waals surface area contributed by atoms with E-state index in [2.05, 4.69) is 35.1 Å². The van der Waals surface area contributed by atoms with Gasteiger partial charge in [0, 0.05) is 10.2 Å². The number of hydrogen-bond acceptors (Lipinski definition) is 2. The number of rotatable bonds is 6. The molecule has 2 rings (SSSR count). The number of carbonyl (C=O) groups excluding carboxylic acids is 1. The van der Waals surface area contributed by atoms with Crippen LogP contribution in [0, 0.1) is 5.92 Å². The molecule has 4 heteroatoms. The van der Waals surface area contributed by atoms with Crippen molar-refractivity contribution in [2.45, 2.75) is 20.3 Å². The molecule has 22 heavy (non-hydrogen) atoms. The van der Waals surface area contributed by atoms with E-state index in [1.807, 2.05) is 42.5 Å². The second-order valence-corrected chi connectivity index (χ2v) is 6.34. The van der Waals surface area contributed by atoms with Gasteiger partial charge in [0.05, 0.1) is 12.2 Å². The smallest absolute Gasteiger partial charge is 0.256 e. The Morgan fingerprint density at radius 3 is 2.45 bits per heavy atom. The molecule has 2 aromatic rings. The summed E-state index contributed by atoms with van der Waals surface area (Å²) in [6.45, 7) is 5.05. The Morgan fingerprint density at radius 2 is 1.82 bits per heavy atom. The lowest BCUT2D eigenvalue weighted by Crippen LogP contribution is -2.12. The standard InChI is InChI=1S/C18H20BrNO2/c1-13(2)11-12-22-15-9-7-14(8-10-15)20-18(21)16-5-3-4-6-17(16)19/h3-10,13H,11-12H2,1-2H3,(H,20,21). The molecule has 0 radical (unpaired) electrons. The summed E-state index contributed by atoms with van der Waals surface area (Å²) < 4.78 is 6.44. The van der Waals surface area contributed by atoms with Crippen LogP contribution in [-0.2, 0) is 0 Å². The van der Waals surface area contributed by atoms with Crippen molar-refractivity contribution in [3.05, 3.63) is 58.6 Å². The van der Waals surface area contributed by atoms with Gasteiger partial charge < -0.3 is 10.1 Å². The van der Waals surface area contributed by atoms with Gasteiger partial charge in [-0.25, -0.2) is 0 Å². The van der Waals surface area contributed by atoms with E-state index < -0.39 is 0 Å². The summed E-state index contributed by atoms with van der Waals surface area (Å²) in [5, 5.41) is 2.88. The maximum absolute atomic E-state index is 12.2. The molecule has 0 heterocycles. The minimum absolute atomic E-state index is 0.138. The molecule has 0 spiro atoms. The molecular formula is C18H20BrNO2. The third-order valence-electron chi connectivity index (χ3n) is 3.19. The van der Waals surface area contributed by atoms with Crippen LogP contribution in [0.3, 0.4) is 0 Å². The molecule has 0 fully saturated rings. The van der Waals surface area contributed by atoms with E-state index in [1.165, 1.54) is 0 Å². The SMILES string of the molecule is CC(C)CCOc1ccc(NC(=O)c2ccccc2Br)cc1. The van der Waals surface area contributed by atoms with Gasteiger partial charge in [-0.1, -0.05) is 26.0 Å². The Bertz CT molecular complexity index is 623. The van der Waals surface area contributed by atoms with Crippen molar-refractivity contribution < 1.29 is 9.53 Å². The molecule has 0 aromatic heterocycles. The normalized spacial score (nSPS) is 10.5. The largest absolute Gasteiger partial charge is 0.494 e. The summed E-state index contributed by atoms with van der Waals surface area (Å²) in [6.07, 6.45) is 1.03. The molecule has 0 bridgehead atoms. The van der Waals surface area contributed by atoms with Gasteiger partial charge in [-0.3, -0.25) is 4.79 Å². The number of nitrogens with one attached hydrogen (secondary N) is 1. The van der Waals surface area contributed by atoms with Crippen molar-refractivity contribution in [1.29, 1.82) is 0 Å². The van der Waals surface area contributed by atoms with Crippen molar-refractivity contribution in [2.75, 3.05) is 11.9 Å². The molecule has 0 aliphatic rings. The lowest BCUT2D eigenvalue weighted by Gasteiger charge is -2.10. The van der Waals surface area contributed by atoms with Gasteiger partial charge in [0.2, 0.25) is 0 Å². The summed E-state index contributed by atoms with van der Waals surface area (Å²) in [5.74, 6) is 1.31. The Labute approximate surface area is 139 Å². The van der Waals surface area contributed by atoms with Gasteiger partial charge >= 0.3 is 0 Å². The average molecular weight is 362 g/mol. The third-order valence-corrected chi connectivity index (χ3v) is 3.89. The highest BCUT2D eigenvalue weighted by atomic mass is 79.9. The van der Waals surface area contributed by atoms with Crippen molar-refractivity contribution in [3.63, 3.8) is 0 Å². The van der Waals surface area contributed by atoms with Crippen LogP contribution in [-0.4, -0.2) is 12.5 Å². The number of benzene rings is 2. The zero-order valence-electron chi connectivity index (χ0n) is 12.8.